The molecule has 0 fully saturated rings. The maximum atomic E-state index is 5.50. The van der Waals surface area contributed by atoms with E-state index >= 15 is 0 Å². The molecule has 0 saturated heterocycles. The van der Waals surface area contributed by atoms with E-state index in [0.717, 1.165) is 37.5 Å². The number of hydrogen-bond donors (Lipinski definition) is 2. The minimum Gasteiger partial charge on any atom is -0.478 e. The van der Waals surface area contributed by atoms with Gasteiger partial charge in [-0.3, -0.25) is 9.89 Å². The molecule has 1 aromatic rings. The lowest BCUT2D eigenvalue weighted by molar-refractivity contribution is 0.173. The molecule has 0 unspecified atom stereocenters. The van der Waals surface area contributed by atoms with E-state index in [0.29, 0.717) is 31.1 Å². The van der Waals surface area contributed by atoms with Crippen molar-refractivity contribution in [2.24, 2.45) is 4.99 Å². The molecular formula is C20H37N5O. The van der Waals surface area contributed by atoms with Gasteiger partial charge in [0.1, 0.15) is 0 Å². The Morgan fingerprint density at radius 1 is 1.19 bits per heavy atom. The second-order valence-corrected chi connectivity index (χ2v) is 6.98. The molecule has 0 aliphatic carbocycles. The van der Waals surface area contributed by atoms with Crippen molar-refractivity contribution in [1.82, 2.24) is 20.5 Å². The van der Waals surface area contributed by atoms with Crippen LogP contribution in [0.1, 0.15) is 53.0 Å². The van der Waals surface area contributed by atoms with Gasteiger partial charge in [0.25, 0.3) is 0 Å². The van der Waals surface area contributed by atoms with Crippen LogP contribution in [0.15, 0.2) is 23.3 Å². The molecule has 148 valence electrons. The summed E-state index contributed by atoms with van der Waals surface area (Å²) in [4.78, 5) is 11.1. The van der Waals surface area contributed by atoms with Crippen LogP contribution in [0.25, 0.3) is 0 Å². The average molecular weight is 364 g/mol. The lowest BCUT2D eigenvalue weighted by Crippen LogP contribution is -2.41. The van der Waals surface area contributed by atoms with Crippen molar-refractivity contribution < 1.29 is 4.74 Å². The van der Waals surface area contributed by atoms with E-state index < -0.39 is 0 Å². The van der Waals surface area contributed by atoms with Crippen LogP contribution in [-0.4, -0.2) is 54.7 Å². The highest BCUT2D eigenvalue weighted by Crippen LogP contribution is 2.08. The highest BCUT2D eigenvalue weighted by molar-refractivity contribution is 5.79. The van der Waals surface area contributed by atoms with Gasteiger partial charge in [0.2, 0.25) is 5.88 Å². The third-order valence-electron chi connectivity index (χ3n) is 4.15. The average Bonchev–Trinajstić information content (AvgIpc) is 2.62. The Kier molecular flexibility index (Phi) is 10.7. The summed E-state index contributed by atoms with van der Waals surface area (Å²) in [6.07, 6.45) is 3.91. The molecule has 0 saturated carbocycles. The van der Waals surface area contributed by atoms with Crippen LogP contribution in [0.2, 0.25) is 0 Å². The molecule has 0 amide bonds. The molecule has 6 heteroatoms. The second kappa shape index (κ2) is 12.5. The Balaban J connectivity index is 2.32. The van der Waals surface area contributed by atoms with Crippen LogP contribution >= 0.6 is 0 Å². The largest absolute Gasteiger partial charge is 0.478 e. The van der Waals surface area contributed by atoms with Gasteiger partial charge < -0.3 is 15.4 Å². The fraction of sp³-hybridized carbons (Fsp3) is 0.700. The van der Waals surface area contributed by atoms with Crippen LogP contribution in [0, 0.1) is 0 Å². The van der Waals surface area contributed by atoms with Gasteiger partial charge in [-0.2, -0.15) is 0 Å². The molecule has 0 atom stereocenters. The first-order valence-electron chi connectivity index (χ1n) is 9.75. The lowest BCUT2D eigenvalue weighted by Gasteiger charge is -2.30. The number of ether oxygens (including phenoxy) is 1. The monoisotopic (exact) mass is 363 g/mol. The quantitative estimate of drug-likeness (QED) is 0.359. The van der Waals surface area contributed by atoms with Gasteiger partial charge in [-0.15, -0.1) is 0 Å². The Hall–Kier alpha value is -1.82. The predicted molar refractivity (Wildman–Crippen MR) is 110 cm³/mol. The molecule has 1 rings (SSSR count). The summed E-state index contributed by atoms with van der Waals surface area (Å²) in [5.74, 6) is 1.50. The number of rotatable bonds is 11. The number of aliphatic imine (C=N–C) groups is 1. The van der Waals surface area contributed by atoms with Gasteiger partial charge in [0.05, 0.1) is 6.61 Å². The molecule has 0 aliphatic rings. The Bertz CT molecular complexity index is 505. The minimum absolute atomic E-state index is 0.573. The molecule has 26 heavy (non-hydrogen) atoms. The van der Waals surface area contributed by atoms with Crippen LogP contribution in [0.3, 0.4) is 0 Å². The zero-order valence-corrected chi connectivity index (χ0v) is 17.4. The fourth-order valence-electron chi connectivity index (χ4n) is 2.80. The molecule has 1 heterocycles. The molecule has 1 aromatic heterocycles. The van der Waals surface area contributed by atoms with Gasteiger partial charge >= 0.3 is 0 Å². The van der Waals surface area contributed by atoms with Gasteiger partial charge in [-0.25, -0.2) is 4.98 Å². The van der Waals surface area contributed by atoms with Crippen LogP contribution in [0.4, 0.5) is 0 Å². The molecular weight excluding hydrogens is 326 g/mol. The van der Waals surface area contributed by atoms with E-state index in [9.17, 15) is 0 Å². The third kappa shape index (κ3) is 8.52. The zero-order valence-electron chi connectivity index (χ0n) is 17.4. The fourth-order valence-corrected chi connectivity index (χ4v) is 2.80. The molecule has 0 aliphatic heterocycles. The van der Waals surface area contributed by atoms with E-state index in [1.165, 1.54) is 0 Å². The van der Waals surface area contributed by atoms with Gasteiger partial charge in [-0.1, -0.05) is 13.0 Å². The van der Waals surface area contributed by atoms with Crippen LogP contribution < -0.4 is 15.4 Å². The van der Waals surface area contributed by atoms with Crippen LogP contribution in [0.5, 0.6) is 5.88 Å². The summed E-state index contributed by atoms with van der Waals surface area (Å²) in [6.45, 7) is 14.5. The van der Waals surface area contributed by atoms with Crippen molar-refractivity contribution >= 4 is 5.96 Å². The first-order chi connectivity index (χ1) is 12.5. The normalized spacial score (nSPS) is 12.1. The van der Waals surface area contributed by atoms with Gasteiger partial charge in [-0.05, 0) is 46.1 Å². The summed E-state index contributed by atoms with van der Waals surface area (Å²) in [5, 5.41) is 6.71. The summed E-state index contributed by atoms with van der Waals surface area (Å²) < 4.78 is 5.50. The molecule has 0 spiro atoms. The Morgan fingerprint density at radius 2 is 1.92 bits per heavy atom. The lowest BCUT2D eigenvalue weighted by atomic mass is 10.2. The summed E-state index contributed by atoms with van der Waals surface area (Å²) >= 11 is 0. The van der Waals surface area contributed by atoms with Crippen molar-refractivity contribution in [3.05, 3.63) is 23.9 Å². The number of hydrogen-bond acceptors (Lipinski definition) is 4. The maximum Gasteiger partial charge on any atom is 0.213 e. The molecule has 2 N–H and O–H groups in total. The summed E-state index contributed by atoms with van der Waals surface area (Å²) in [5.41, 5.74) is 1.10. The van der Waals surface area contributed by atoms with E-state index in [2.05, 4.69) is 60.1 Å². The topological polar surface area (TPSA) is 61.8 Å². The number of nitrogens with one attached hydrogen (secondary N) is 2. The molecule has 0 aromatic carbocycles. The minimum atomic E-state index is 0.573. The van der Waals surface area contributed by atoms with Crippen molar-refractivity contribution in [1.29, 1.82) is 0 Å². The summed E-state index contributed by atoms with van der Waals surface area (Å²) in [6, 6.07) is 5.09. The van der Waals surface area contributed by atoms with E-state index in [4.69, 9.17) is 4.74 Å². The standard InChI is InChI=1S/C20H37N5O/c1-7-13-26-19-10-9-18(14-23-19)15-24-20(21-6)22-11-8-12-25(16(2)3)17(4)5/h9-10,14,16-17H,7-8,11-13,15H2,1-6H3,(H2,21,22,24). The molecule has 6 nitrogen and oxygen atoms in total. The SMILES string of the molecule is CCCOc1ccc(CNC(=NC)NCCCN(C(C)C)C(C)C)cn1. The Labute approximate surface area is 159 Å². The van der Waals surface area contributed by atoms with Gasteiger partial charge in [0.15, 0.2) is 5.96 Å². The number of guanidine groups is 1. The van der Waals surface area contributed by atoms with Crippen molar-refractivity contribution in [3.8, 4) is 5.88 Å². The van der Waals surface area contributed by atoms with E-state index in [1.807, 2.05) is 18.3 Å². The first kappa shape index (κ1) is 22.2. The number of pyridine rings is 1. The Morgan fingerprint density at radius 3 is 2.46 bits per heavy atom. The first-order valence-corrected chi connectivity index (χ1v) is 9.75. The summed E-state index contributed by atoms with van der Waals surface area (Å²) in [7, 11) is 1.80. The second-order valence-electron chi connectivity index (χ2n) is 6.98. The predicted octanol–water partition coefficient (Wildman–Crippen LogP) is 3.04. The zero-order chi connectivity index (χ0) is 19.4. The smallest absolute Gasteiger partial charge is 0.213 e. The number of aromatic nitrogens is 1. The van der Waals surface area contributed by atoms with Crippen LogP contribution in [-0.2, 0) is 6.54 Å². The van der Waals surface area contributed by atoms with E-state index in [-0.39, 0.29) is 0 Å². The van der Waals surface area contributed by atoms with E-state index in [1.54, 1.807) is 7.05 Å². The van der Waals surface area contributed by atoms with Crippen molar-refractivity contribution in [2.45, 2.75) is 66.1 Å². The van der Waals surface area contributed by atoms with Gasteiger partial charge in [0, 0.05) is 51.0 Å². The molecule has 0 bridgehead atoms. The number of nitrogens with zero attached hydrogens (tertiary/aromatic N) is 3. The third-order valence-corrected chi connectivity index (χ3v) is 4.15. The molecule has 0 radical (unpaired) electrons. The maximum absolute atomic E-state index is 5.50. The highest BCUT2D eigenvalue weighted by atomic mass is 16.5. The van der Waals surface area contributed by atoms with Crippen molar-refractivity contribution in [2.75, 3.05) is 26.7 Å². The highest BCUT2D eigenvalue weighted by Gasteiger charge is 2.12. The van der Waals surface area contributed by atoms with Crippen molar-refractivity contribution in [3.63, 3.8) is 0 Å².